The van der Waals surface area contributed by atoms with E-state index in [-0.39, 0.29) is 37.1 Å². The zero-order chi connectivity index (χ0) is 20.5. The van der Waals surface area contributed by atoms with Crippen molar-refractivity contribution in [2.45, 2.75) is 25.8 Å². The number of rotatable bonds is 9. The molecule has 0 fully saturated rings. The van der Waals surface area contributed by atoms with Gasteiger partial charge in [-0.2, -0.15) is 0 Å². The monoisotopic (exact) mass is 387 g/mol. The highest BCUT2D eigenvalue weighted by Gasteiger charge is 2.18. The molecule has 0 spiro atoms. The van der Waals surface area contributed by atoms with Gasteiger partial charge in [0.2, 0.25) is 0 Å². The summed E-state index contributed by atoms with van der Waals surface area (Å²) in [6.07, 6.45) is 0.763. The summed E-state index contributed by atoms with van der Waals surface area (Å²) < 4.78 is 10.2. The summed E-state index contributed by atoms with van der Waals surface area (Å²) in [5, 5.41) is 18.5. The zero-order valence-corrected chi connectivity index (χ0v) is 15.7. The van der Waals surface area contributed by atoms with Gasteiger partial charge in [-0.25, -0.2) is 0 Å². The van der Waals surface area contributed by atoms with Crippen LogP contribution in [0.2, 0.25) is 0 Å². The Morgan fingerprint density at radius 1 is 0.821 bits per heavy atom. The topological polar surface area (TPSA) is 119 Å². The highest BCUT2D eigenvalue weighted by Crippen LogP contribution is 2.14. The van der Waals surface area contributed by atoms with Gasteiger partial charge in [-0.3, -0.25) is 9.59 Å². The number of phenolic OH excluding ortho intramolecular Hbond substituents is 2. The smallest absolute Gasteiger partial charge is 0.323 e. The summed E-state index contributed by atoms with van der Waals surface area (Å²) in [5.41, 5.74) is 7.53. The predicted octanol–water partition coefficient (Wildman–Crippen LogP) is 1.93. The molecule has 4 N–H and O–H groups in total. The van der Waals surface area contributed by atoms with E-state index in [9.17, 15) is 19.8 Å². The van der Waals surface area contributed by atoms with Crippen molar-refractivity contribution >= 4 is 11.9 Å². The van der Waals surface area contributed by atoms with Gasteiger partial charge in [0, 0.05) is 0 Å². The highest BCUT2D eigenvalue weighted by atomic mass is 16.6. The maximum atomic E-state index is 12.0. The van der Waals surface area contributed by atoms with E-state index in [4.69, 9.17) is 15.2 Å². The highest BCUT2D eigenvalue weighted by molar-refractivity contribution is 5.76. The number of benzene rings is 2. The molecule has 2 unspecified atom stereocenters. The normalized spacial score (nSPS) is 12.8. The van der Waals surface area contributed by atoms with E-state index in [0.29, 0.717) is 6.42 Å². The second kappa shape index (κ2) is 10.3. The van der Waals surface area contributed by atoms with Crippen molar-refractivity contribution in [2.75, 3.05) is 13.2 Å². The van der Waals surface area contributed by atoms with E-state index in [0.717, 1.165) is 11.1 Å². The molecule has 0 aromatic heterocycles. The first-order chi connectivity index (χ1) is 13.3. The lowest BCUT2D eigenvalue weighted by Gasteiger charge is -2.14. The molecular weight excluding hydrogens is 362 g/mol. The van der Waals surface area contributed by atoms with Crippen molar-refractivity contribution in [1.29, 1.82) is 0 Å². The number of ether oxygens (including phenoxy) is 2. The van der Waals surface area contributed by atoms with E-state index in [1.54, 1.807) is 43.3 Å². The van der Waals surface area contributed by atoms with Crippen LogP contribution < -0.4 is 5.73 Å². The van der Waals surface area contributed by atoms with Crippen LogP contribution in [-0.2, 0) is 31.9 Å². The molecule has 0 radical (unpaired) electrons. The van der Waals surface area contributed by atoms with Crippen molar-refractivity contribution in [3.63, 3.8) is 0 Å². The minimum absolute atomic E-state index is 0.0452. The molecule has 0 aliphatic rings. The maximum absolute atomic E-state index is 12.0. The van der Waals surface area contributed by atoms with Crippen LogP contribution in [0.1, 0.15) is 18.1 Å². The van der Waals surface area contributed by atoms with Gasteiger partial charge in [-0.05, 0) is 48.2 Å². The summed E-state index contributed by atoms with van der Waals surface area (Å²) in [5.74, 6) is -1.03. The lowest BCUT2D eigenvalue weighted by Crippen LogP contribution is -2.35. The van der Waals surface area contributed by atoms with Gasteiger partial charge in [0.05, 0.1) is 5.92 Å². The van der Waals surface area contributed by atoms with Crippen LogP contribution in [-0.4, -0.2) is 41.4 Å². The molecule has 7 heteroatoms. The lowest BCUT2D eigenvalue weighted by atomic mass is 10.0. The average Bonchev–Trinajstić information content (AvgIpc) is 2.68. The Morgan fingerprint density at radius 2 is 1.25 bits per heavy atom. The Labute approximate surface area is 163 Å². The molecule has 28 heavy (non-hydrogen) atoms. The van der Waals surface area contributed by atoms with Crippen LogP contribution in [0.3, 0.4) is 0 Å². The summed E-state index contributed by atoms with van der Waals surface area (Å²) in [6.45, 7) is 1.63. The Balaban J connectivity index is 1.66. The van der Waals surface area contributed by atoms with Gasteiger partial charge in [0.1, 0.15) is 30.8 Å². The van der Waals surface area contributed by atoms with Gasteiger partial charge >= 0.3 is 11.9 Å². The van der Waals surface area contributed by atoms with Crippen LogP contribution in [0.15, 0.2) is 48.5 Å². The van der Waals surface area contributed by atoms with Crippen LogP contribution >= 0.6 is 0 Å². The van der Waals surface area contributed by atoms with Crippen molar-refractivity contribution in [3.8, 4) is 11.5 Å². The Kier molecular flexibility index (Phi) is 7.83. The standard InChI is InChI=1S/C21H25NO6/c1-14(12-15-2-6-17(23)7-3-15)20(25)27-10-11-28-21(26)19(22)13-16-4-8-18(24)9-5-16/h2-9,14,19,23-24H,10-13,22H2,1H3. The summed E-state index contributed by atoms with van der Waals surface area (Å²) in [7, 11) is 0. The molecule has 0 heterocycles. The first kappa shape index (κ1) is 21.2. The SMILES string of the molecule is CC(Cc1ccc(O)cc1)C(=O)OCCOC(=O)C(N)Cc1ccc(O)cc1. The minimum atomic E-state index is -0.839. The van der Waals surface area contributed by atoms with Crippen molar-refractivity contribution < 1.29 is 29.3 Å². The fraction of sp³-hybridized carbons (Fsp3) is 0.333. The molecule has 150 valence electrons. The van der Waals surface area contributed by atoms with Gasteiger partial charge in [-0.1, -0.05) is 31.2 Å². The molecule has 0 saturated carbocycles. The van der Waals surface area contributed by atoms with Gasteiger partial charge in [0.15, 0.2) is 0 Å². The number of carbonyl (C=O) groups excluding carboxylic acids is 2. The Bertz CT molecular complexity index is 705. The molecule has 2 atom stereocenters. The molecule has 7 nitrogen and oxygen atoms in total. The van der Waals surface area contributed by atoms with Crippen LogP contribution in [0.5, 0.6) is 11.5 Å². The second-order valence-corrected chi connectivity index (χ2v) is 6.58. The number of hydrogen-bond donors (Lipinski definition) is 3. The van der Waals surface area contributed by atoms with E-state index >= 15 is 0 Å². The Hall–Kier alpha value is -3.06. The molecule has 2 aromatic carbocycles. The maximum Gasteiger partial charge on any atom is 0.323 e. The van der Waals surface area contributed by atoms with Gasteiger partial charge in [-0.15, -0.1) is 0 Å². The van der Waals surface area contributed by atoms with Crippen molar-refractivity contribution in [1.82, 2.24) is 0 Å². The van der Waals surface area contributed by atoms with E-state index in [1.807, 2.05) is 0 Å². The fourth-order valence-corrected chi connectivity index (χ4v) is 2.57. The fourth-order valence-electron chi connectivity index (χ4n) is 2.57. The summed E-state index contributed by atoms with van der Waals surface area (Å²) >= 11 is 0. The second-order valence-electron chi connectivity index (χ2n) is 6.58. The molecular formula is C21H25NO6. The number of nitrogens with two attached hydrogens (primary N) is 1. The molecule has 0 saturated heterocycles. The first-order valence-corrected chi connectivity index (χ1v) is 9.00. The third kappa shape index (κ3) is 6.92. The molecule has 0 aliphatic carbocycles. The predicted molar refractivity (Wildman–Crippen MR) is 103 cm³/mol. The molecule has 0 aliphatic heterocycles. The average molecular weight is 387 g/mol. The van der Waals surface area contributed by atoms with E-state index < -0.39 is 18.0 Å². The quantitative estimate of drug-likeness (QED) is 0.444. The third-order valence-corrected chi connectivity index (χ3v) is 4.15. The lowest BCUT2D eigenvalue weighted by molar-refractivity contribution is -0.155. The molecule has 2 rings (SSSR count). The van der Waals surface area contributed by atoms with Crippen LogP contribution in [0.4, 0.5) is 0 Å². The van der Waals surface area contributed by atoms with Crippen molar-refractivity contribution in [3.05, 3.63) is 59.7 Å². The largest absolute Gasteiger partial charge is 0.508 e. The van der Waals surface area contributed by atoms with Crippen LogP contribution in [0, 0.1) is 5.92 Å². The number of hydrogen-bond acceptors (Lipinski definition) is 7. The minimum Gasteiger partial charge on any atom is -0.508 e. The third-order valence-electron chi connectivity index (χ3n) is 4.15. The van der Waals surface area contributed by atoms with Gasteiger partial charge < -0.3 is 25.4 Å². The molecule has 0 bridgehead atoms. The molecule has 0 amide bonds. The molecule has 2 aromatic rings. The van der Waals surface area contributed by atoms with E-state index in [1.165, 1.54) is 12.1 Å². The summed E-state index contributed by atoms with van der Waals surface area (Å²) in [4.78, 5) is 23.9. The summed E-state index contributed by atoms with van der Waals surface area (Å²) in [6, 6.07) is 12.2. The van der Waals surface area contributed by atoms with Crippen molar-refractivity contribution in [2.24, 2.45) is 11.7 Å². The first-order valence-electron chi connectivity index (χ1n) is 9.00. The number of carbonyl (C=O) groups is 2. The zero-order valence-electron chi connectivity index (χ0n) is 15.7. The van der Waals surface area contributed by atoms with E-state index in [2.05, 4.69) is 0 Å². The number of aromatic hydroxyl groups is 2. The van der Waals surface area contributed by atoms with Crippen LogP contribution in [0.25, 0.3) is 0 Å². The Morgan fingerprint density at radius 3 is 1.75 bits per heavy atom. The number of esters is 2. The van der Waals surface area contributed by atoms with Gasteiger partial charge in [0.25, 0.3) is 0 Å². The number of phenols is 2.